The van der Waals surface area contributed by atoms with E-state index in [-0.39, 0.29) is 11.8 Å². The average Bonchev–Trinajstić information content (AvgIpc) is 2.52. The maximum atomic E-state index is 12.4. The van der Waals surface area contributed by atoms with Crippen molar-refractivity contribution in [2.24, 2.45) is 5.92 Å². The second-order valence-corrected chi connectivity index (χ2v) is 5.55. The van der Waals surface area contributed by atoms with Crippen molar-refractivity contribution in [2.75, 3.05) is 19.8 Å². The van der Waals surface area contributed by atoms with Gasteiger partial charge in [-0.25, -0.2) is 0 Å². The molecule has 110 valence electrons. The summed E-state index contributed by atoms with van der Waals surface area (Å²) in [7, 11) is 0. The van der Waals surface area contributed by atoms with Gasteiger partial charge >= 0.3 is 0 Å². The molecule has 3 nitrogen and oxygen atoms in total. The zero-order valence-corrected chi connectivity index (χ0v) is 12.3. The highest BCUT2D eigenvalue weighted by Crippen LogP contribution is 2.22. The third-order valence-electron chi connectivity index (χ3n) is 4.00. The molecule has 0 aromatic heterocycles. The van der Waals surface area contributed by atoms with Gasteiger partial charge in [0.2, 0.25) is 5.91 Å². The summed E-state index contributed by atoms with van der Waals surface area (Å²) < 4.78 is 5.35. The molecular formula is C17H25NO2. The lowest BCUT2D eigenvalue weighted by molar-refractivity contribution is -0.123. The number of rotatable bonds is 6. The zero-order chi connectivity index (χ0) is 14.2. The SMILES string of the molecule is CCCC(C(=O)NCC1CCOCC1)c1ccccc1. The van der Waals surface area contributed by atoms with Gasteiger partial charge in [0.25, 0.3) is 0 Å². The maximum absolute atomic E-state index is 12.4. The van der Waals surface area contributed by atoms with Gasteiger partial charge in [0.1, 0.15) is 0 Å². The molecule has 1 aliphatic rings. The van der Waals surface area contributed by atoms with Crippen molar-refractivity contribution in [1.82, 2.24) is 5.32 Å². The number of carbonyl (C=O) groups is 1. The van der Waals surface area contributed by atoms with Gasteiger partial charge in [-0.05, 0) is 30.7 Å². The van der Waals surface area contributed by atoms with E-state index in [9.17, 15) is 4.79 Å². The van der Waals surface area contributed by atoms with E-state index in [1.165, 1.54) is 0 Å². The molecule has 1 N–H and O–H groups in total. The lowest BCUT2D eigenvalue weighted by Crippen LogP contribution is -2.35. The molecule has 1 saturated heterocycles. The molecule has 0 saturated carbocycles. The minimum absolute atomic E-state index is 0.0129. The Bertz CT molecular complexity index is 399. The van der Waals surface area contributed by atoms with Crippen molar-refractivity contribution in [2.45, 2.75) is 38.5 Å². The minimum atomic E-state index is -0.0129. The smallest absolute Gasteiger partial charge is 0.227 e. The molecule has 1 unspecified atom stereocenters. The summed E-state index contributed by atoms with van der Waals surface area (Å²) in [6, 6.07) is 10.1. The quantitative estimate of drug-likeness (QED) is 0.866. The predicted molar refractivity (Wildman–Crippen MR) is 80.6 cm³/mol. The molecule has 0 radical (unpaired) electrons. The van der Waals surface area contributed by atoms with Gasteiger partial charge < -0.3 is 10.1 Å². The summed E-state index contributed by atoms with van der Waals surface area (Å²) in [5.74, 6) is 0.733. The first-order chi connectivity index (χ1) is 9.81. The van der Waals surface area contributed by atoms with Crippen LogP contribution >= 0.6 is 0 Å². The number of benzene rings is 1. The van der Waals surface area contributed by atoms with E-state index in [0.29, 0.717) is 5.92 Å². The van der Waals surface area contributed by atoms with Crippen molar-refractivity contribution in [3.8, 4) is 0 Å². The first-order valence-electron chi connectivity index (χ1n) is 7.71. The molecule has 0 aliphatic carbocycles. The van der Waals surface area contributed by atoms with E-state index < -0.39 is 0 Å². The van der Waals surface area contributed by atoms with Gasteiger partial charge in [0.15, 0.2) is 0 Å². The Balaban J connectivity index is 1.90. The molecule has 0 bridgehead atoms. The predicted octanol–water partition coefficient (Wildman–Crippen LogP) is 3.11. The van der Waals surface area contributed by atoms with Crippen LogP contribution in [-0.2, 0) is 9.53 Å². The van der Waals surface area contributed by atoms with Crippen LogP contribution in [0.25, 0.3) is 0 Å². The second kappa shape index (κ2) is 8.05. The lowest BCUT2D eigenvalue weighted by Gasteiger charge is -2.24. The summed E-state index contributed by atoms with van der Waals surface area (Å²) in [6.07, 6.45) is 4.04. The normalized spacial score (nSPS) is 17.6. The van der Waals surface area contributed by atoms with Crippen molar-refractivity contribution in [3.05, 3.63) is 35.9 Å². The number of nitrogens with one attached hydrogen (secondary N) is 1. The highest BCUT2D eigenvalue weighted by Gasteiger charge is 2.21. The molecule has 1 aliphatic heterocycles. The highest BCUT2D eigenvalue weighted by atomic mass is 16.5. The summed E-state index contributed by atoms with van der Waals surface area (Å²) >= 11 is 0. The third kappa shape index (κ3) is 4.34. The fourth-order valence-corrected chi connectivity index (χ4v) is 2.74. The van der Waals surface area contributed by atoms with Crippen molar-refractivity contribution in [3.63, 3.8) is 0 Å². The standard InChI is InChI=1S/C17H25NO2/c1-2-6-16(15-7-4-3-5-8-15)17(19)18-13-14-9-11-20-12-10-14/h3-5,7-8,14,16H,2,6,9-13H2,1H3,(H,18,19). The Morgan fingerprint density at radius 3 is 2.65 bits per heavy atom. The average molecular weight is 275 g/mol. The molecule has 1 atom stereocenters. The second-order valence-electron chi connectivity index (χ2n) is 5.55. The van der Waals surface area contributed by atoms with Gasteiger partial charge in [-0.15, -0.1) is 0 Å². The number of hydrogen-bond acceptors (Lipinski definition) is 2. The Hall–Kier alpha value is -1.35. The summed E-state index contributed by atoms with van der Waals surface area (Å²) in [4.78, 5) is 12.4. The number of hydrogen-bond donors (Lipinski definition) is 1. The van der Waals surface area contributed by atoms with Crippen LogP contribution in [0.15, 0.2) is 30.3 Å². The third-order valence-corrected chi connectivity index (χ3v) is 4.00. The van der Waals surface area contributed by atoms with E-state index in [4.69, 9.17) is 4.74 Å². The molecular weight excluding hydrogens is 250 g/mol. The van der Waals surface area contributed by atoms with Crippen LogP contribution in [0.1, 0.15) is 44.1 Å². The Morgan fingerprint density at radius 2 is 2.00 bits per heavy atom. The minimum Gasteiger partial charge on any atom is -0.381 e. The van der Waals surface area contributed by atoms with Crippen LogP contribution in [0.5, 0.6) is 0 Å². The number of amides is 1. The molecule has 2 rings (SSSR count). The maximum Gasteiger partial charge on any atom is 0.227 e. The first kappa shape index (κ1) is 15.0. The first-order valence-corrected chi connectivity index (χ1v) is 7.71. The van der Waals surface area contributed by atoms with Crippen molar-refractivity contribution >= 4 is 5.91 Å². The van der Waals surface area contributed by atoms with Crippen molar-refractivity contribution in [1.29, 1.82) is 0 Å². The summed E-state index contributed by atoms with van der Waals surface area (Å²) in [5, 5.41) is 3.14. The summed E-state index contributed by atoms with van der Waals surface area (Å²) in [5.41, 5.74) is 1.12. The fourth-order valence-electron chi connectivity index (χ4n) is 2.74. The Morgan fingerprint density at radius 1 is 1.30 bits per heavy atom. The van der Waals surface area contributed by atoms with Crippen LogP contribution in [0.3, 0.4) is 0 Å². The van der Waals surface area contributed by atoms with Crippen LogP contribution in [0.4, 0.5) is 0 Å². The number of ether oxygens (including phenoxy) is 1. The monoisotopic (exact) mass is 275 g/mol. The van der Waals surface area contributed by atoms with E-state index in [0.717, 1.165) is 51.0 Å². The van der Waals surface area contributed by atoms with E-state index >= 15 is 0 Å². The van der Waals surface area contributed by atoms with E-state index in [1.807, 2.05) is 30.3 Å². The largest absolute Gasteiger partial charge is 0.381 e. The van der Waals surface area contributed by atoms with Gasteiger partial charge in [-0.2, -0.15) is 0 Å². The molecule has 1 amide bonds. The van der Waals surface area contributed by atoms with E-state index in [2.05, 4.69) is 12.2 Å². The molecule has 1 aromatic rings. The molecule has 3 heteroatoms. The molecule has 1 aromatic carbocycles. The molecule has 1 fully saturated rings. The number of carbonyl (C=O) groups excluding carboxylic acids is 1. The van der Waals surface area contributed by atoms with Gasteiger partial charge in [-0.3, -0.25) is 4.79 Å². The van der Waals surface area contributed by atoms with Crippen LogP contribution < -0.4 is 5.32 Å². The van der Waals surface area contributed by atoms with E-state index in [1.54, 1.807) is 0 Å². The molecule has 0 spiro atoms. The van der Waals surface area contributed by atoms with Crippen LogP contribution in [0, 0.1) is 5.92 Å². The molecule has 1 heterocycles. The van der Waals surface area contributed by atoms with Gasteiger partial charge in [-0.1, -0.05) is 43.7 Å². The lowest BCUT2D eigenvalue weighted by atomic mass is 9.93. The van der Waals surface area contributed by atoms with Gasteiger partial charge in [0.05, 0.1) is 5.92 Å². The Labute approximate surface area is 121 Å². The summed E-state index contributed by atoms with van der Waals surface area (Å²) in [6.45, 7) is 4.58. The van der Waals surface area contributed by atoms with Gasteiger partial charge in [0, 0.05) is 19.8 Å². The topological polar surface area (TPSA) is 38.3 Å². The van der Waals surface area contributed by atoms with Crippen LogP contribution in [0.2, 0.25) is 0 Å². The zero-order valence-electron chi connectivity index (χ0n) is 12.3. The van der Waals surface area contributed by atoms with Crippen LogP contribution in [-0.4, -0.2) is 25.7 Å². The van der Waals surface area contributed by atoms with Crippen molar-refractivity contribution < 1.29 is 9.53 Å². The highest BCUT2D eigenvalue weighted by molar-refractivity contribution is 5.83. The molecule has 20 heavy (non-hydrogen) atoms. The Kier molecular flexibility index (Phi) is 6.06. The fraction of sp³-hybridized carbons (Fsp3) is 0.588.